The lowest BCUT2D eigenvalue weighted by Crippen LogP contribution is -2.46. The molecule has 3 rings (SSSR count). The van der Waals surface area contributed by atoms with Crippen LogP contribution in [0.1, 0.15) is 19.4 Å². The average molecular weight is 517 g/mol. The van der Waals surface area contributed by atoms with E-state index in [1.807, 2.05) is 6.07 Å². The smallest absolute Gasteiger partial charge is 0.231 e. The Morgan fingerprint density at radius 1 is 1.14 bits per heavy atom. The van der Waals surface area contributed by atoms with Gasteiger partial charge in [-0.25, -0.2) is 0 Å². The Morgan fingerprint density at radius 3 is 2.66 bits per heavy atom. The lowest BCUT2D eigenvalue weighted by atomic mass is 10.1. The molecule has 0 spiro atoms. The highest BCUT2D eigenvalue weighted by molar-refractivity contribution is 14.0. The summed E-state index contributed by atoms with van der Waals surface area (Å²) >= 11 is 0. The van der Waals surface area contributed by atoms with Crippen LogP contribution >= 0.6 is 24.0 Å². The van der Waals surface area contributed by atoms with E-state index in [2.05, 4.69) is 53.5 Å². The zero-order valence-electron chi connectivity index (χ0n) is 17.9. The second-order valence-electron chi connectivity index (χ2n) is 7.79. The van der Waals surface area contributed by atoms with E-state index in [1.54, 1.807) is 0 Å². The predicted molar refractivity (Wildman–Crippen MR) is 129 cm³/mol. The standard InChI is InChI=1S/C21H35N5O2.HI/c1-4-22-21(24-14-17(2)15-26-11-9-25(3)10-12-26)23-8-7-18-5-6-19-20(13-18)28-16-27-19;/h5-6,13,17H,4,7-12,14-16H2,1-3H3,(H2,22,23,24);1H. The number of fused-ring (bicyclic) bond motifs is 1. The van der Waals surface area contributed by atoms with Gasteiger partial charge in [-0.05, 0) is 44.0 Å². The van der Waals surface area contributed by atoms with E-state index >= 15 is 0 Å². The van der Waals surface area contributed by atoms with Crippen molar-refractivity contribution < 1.29 is 9.47 Å². The monoisotopic (exact) mass is 517 g/mol. The molecule has 0 bridgehead atoms. The van der Waals surface area contributed by atoms with Gasteiger partial charge < -0.3 is 29.9 Å². The molecule has 7 nitrogen and oxygen atoms in total. The minimum absolute atomic E-state index is 0. The summed E-state index contributed by atoms with van der Waals surface area (Å²) in [6, 6.07) is 6.14. The van der Waals surface area contributed by atoms with Crippen molar-refractivity contribution in [2.75, 3.05) is 66.2 Å². The van der Waals surface area contributed by atoms with Crippen molar-refractivity contribution in [3.05, 3.63) is 23.8 Å². The van der Waals surface area contributed by atoms with Gasteiger partial charge in [-0.1, -0.05) is 13.0 Å². The number of guanidine groups is 1. The van der Waals surface area contributed by atoms with Crippen LogP contribution in [0.4, 0.5) is 0 Å². The summed E-state index contributed by atoms with van der Waals surface area (Å²) in [6.45, 7) is 13.0. The molecule has 0 saturated carbocycles. The molecule has 2 N–H and O–H groups in total. The van der Waals surface area contributed by atoms with Crippen molar-refractivity contribution in [3.63, 3.8) is 0 Å². The Labute approximate surface area is 192 Å². The number of nitrogens with one attached hydrogen (secondary N) is 2. The fourth-order valence-corrected chi connectivity index (χ4v) is 3.54. The molecule has 1 atom stereocenters. The van der Waals surface area contributed by atoms with E-state index in [9.17, 15) is 0 Å². The Kier molecular flexibility index (Phi) is 10.3. The van der Waals surface area contributed by atoms with Crippen molar-refractivity contribution in [3.8, 4) is 11.5 Å². The molecular formula is C21H36IN5O2. The third-order valence-corrected chi connectivity index (χ3v) is 5.21. The second-order valence-corrected chi connectivity index (χ2v) is 7.79. The molecule has 2 aliphatic rings. The topological polar surface area (TPSA) is 61.4 Å². The number of piperazine rings is 1. The first kappa shape index (κ1) is 24.0. The zero-order valence-corrected chi connectivity index (χ0v) is 20.3. The Hall–Kier alpha value is -1.26. The molecule has 2 heterocycles. The van der Waals surface area contributed by atoms with Gasteiger partial charge in [0.25, 0.3) is 0 Å². The molecule has 1 aromatic carbocycles. The van der Waals surface area contributed by atoms with E-state index in [-0.39, 0.29) is 24.0 Å². The number of benzene rings is 1. The summed E-state index contributed by atoms with van der Waals surface area (Å²) in [5.74, 6) is 3.12. The Morgan fingerprint density at radius 2 is 1.90 bits per heavy atom. The van der Waals surface area contributed by atoms with Crippen molar-refractivity contribution in [1.29, 1.82) is 0 Å². The minimum atomic E-state index is 0. The average Bonchev–Trinajstić information content (AvgIpc) is 3.16. The summed E-state index contributed by atoms with van der Waals surface area (Å²) in [4.78, 5) is 9.75. The number of aliphatic imine (C=N–C) groups is 1. The van der Waals surface area contributed by atoms with Gasteiger partial charge in [0, 0.05) is 52.4 Å². The van der Waals surface area contributed by atoms with Crippen LogP contribution in [0.3, 0.4) is 0 Å². The predicted octanol–water partition coefficient (Wildman–Crippen LogP) is 2.01. The van der Waals surface area contributed by atoms with Gasteiger partial charge in [-0.3, -0.25) is 4.99 Å². The number of hydrogen-bond acceptors (Lipinski definition) is 5. The third-order valence-electron chi connectivity index (χ3n) is 5.21. The van der Waals surface area contributed by atoms with Crippen molar-refractivity contribution in [2.24, 2.45) is 10.9 Å². The number of ether oxygens (including phenoxy) is 2. The van der Waals surface area contributed by atoms with Crippen molar-refractivity contribution in [2.45, 2.75) is 20.3 Å². The zero-order chi connectivity index (χ0) is 19.8. The van der Waals surface area contributed by atoms with Crippen molar-refractivity contribution >= 4 is 29.9 Å². The molecule has 1 fully saturated rings. The van der Waals surface area contributed by atoms with Gasteiger partial charge in [-0.2, -0.15) is 0 Å². The molecule has 0 amide bonds. The molecule has 29 heavy (non-hydrogen) atoms. The SMILES string of the molecule is CCNC(=NCC(C)CN1CCN(C)CC1)NCCc1ccc2c(c1)OCO2.I. The Balaban J connectivity index is 0.00000300. The molecule has 0 aliphatic carbocycles. The highest BCUT2D eigenvalue weighted by Gasteiger charge is 2.16. The second kappa shape index (κ2) is 12.4. The van der Waals surface area contributed by atoms with Crippen LogP contribution in [0.25, 0.3) is 0 Å². The lowest BCUT2D eigenvalue weighted by Gasteiger charge is -2.33. The molecule has 164 valence electrons. The highest BCUT2D eigenvalue weighted by Crippen LogP contribution is 2.32. The maximum absolute atomic E-state index is 5.45. The maximum Gasteiger partial charge on any atom is 0.231 e. The van der Waals surface area contributed by atoms with Crippen LogP contribution in [-0.4, -0.2) is 82.0 Å². The first-order valence-electron chi connectivity index (χ1n) is 10.5. The van der Waals surface area contributed by atoms with Crippen LogP contribution in [0.2, 0.25) is 0 Å². The van der Waals surface area contributed by atoms with Crippen LogP contribution in [0.15, 0.2) is 23.2 Å². The van der Waals surface area contributed by atoms with E-state index in [0.717, 1.165) is 50.1 Å². The number of likely N-dealkylation sites (N-methyl/N-ethyl adjacent to an activating group) is 1. The van der Waals surface area contributed by atoms with Crippen LogP contribution in [0.5, 0.6) is 11.5 Å². The van der Waals surface area contributed by atoms with Gasteiger partial charge in [0.2, 0.25) is 6.79 Å². The van der Waals surface area contributed by atoms with Gasteiger partial charge in [0.05, 0.1) is 0 Å². The van der Waals surface area contributed by atoms with E-state index in [1.165, 1.54) is 31.7 Å². The summed E-state index contributed by atoms with van der Waals surface area (Å²) in [5.41, 5.74) is 1.23. The van der Waals surface area contributed by atoms with Crippen LogP contribution < -0.4 is 20.1 Å². The lowest BCUT2D eigenvalue weighted by molar-refractivity contribution is 0.140. The maximum atomic E-state index is 5.45. The fraction of sp³-hybridized carbons (Fsp3) is 0.667. The number of hydrogen-bond donors (Lipinski definition) is 2. The summed E-state index contributed by atoms with van der Waals surface area (Å²) < 4.78 is 10.8. The first-order valence-corrected chi connectivity index (χ1v) is 10.5. The molecule has 1 unspecified atom stereocenters. The number of rotatable bonds is 8. The van der Waals surface area contributed by atoms with E-state index in [4.69, 9.17) is 14.5 Å². The number of nitrogens with zero attached hydrogens (tertiary/aromatic N) is 3. The number of halogens is 1. The van der Waals surface area contributed by atoms with Gasteiger partial charge in [0.1, 0.15) is 0 Å². The molecule has 0 aromatic heterocycles. The minimum Gasteiger partial charge on any atom is -0.454 e. The molecule has 8 heteroatoms. The van der Waals surface area contributed by atoms with Gasteiger partial charge in [-0.15, -0.1) is 24.0 Å². The van der Waals surface area contributed by atoms with Gasteiger partial charge in [0.15, 0.2) is 17.5 Å². The summed E-state index contributed by atoms with van der Waals surface area (Å²) in [7, 11) is 2.20. The largest absolute Gasteiger partial charge is 0.454 e. The quantitative estimate of drug-likeness (QED) is 0.313. The first-order chi connectivity index (χ1) is 13.6. The normalized spacial score (nSPS) is 18.2. The summed E-state index contributed by atoms with van der Waals surface area (Å²) in [5, 5.41) is 6.80. The molecule has 1 saturated heterocycles. The van der Waals surface area contributed by atoms with E-state index < -0.39 is 0 Å². The molecule has 1 aromatic rings. The molecule has 2 aliphatic heterocycles. The van der Waals surface area contributed by atoms with Gasteiger partial charge >= 0.3 is 0 Å². The molecule has 0 radical (unpaired) electrons. The highest BCUT2D eigenvalue weighted by atomic mass is 127. The van der Waals surface area contributed by atoms with Crippen LogP contribution in [0, 0.1) is 5.92 Å². The van der Waals surface area contributed by atoms with E-state index in [0.29, 0.717) is 12.7 Å². The van der Waals surface area contributed by atoms with Crippen LogP contribution in [-0.2, 0) is 6.42 Å². The fourth-order valence-electron chi connectivity index (χ4n) is 3.54. The third kappa shape index (κ3) is 7.82. The van der Waals surface area contributed by atoms with Crippen molar-refractivity contribution in [1.82, 2.24) is 20.4 Å². The molecular weight excluding hydrogens is 481 g/mol. The Bertz CT molecular complexity index is 650. The summed E-state index contributed by atoms with van der Waals surface area (Å²) in [6.07, 6.45) is 0.915.